The zero-order valence-electron chi connectivity index (χ0n) is 13.7. The van der Waals surface area contributed by atoms with Crippen molar-refractivity contribution >= 4 is 16.7 Å². The van der Waals surface area contributed by atoms with Gasteiger partial charge >= 0.3 is 0 Å². The zero-order chi connectivity index (χ0) is 16.7. The molecule has 0 unspecified atom stereocenters. The topological polar surface area (TPSA) is 51.2 Å². The van der Waals surface area contributed by atoms with Crippen LogP contribution in [0.4, 0.5) is 0 Å². The van der Waals surface area contributed by atoms with Gasteiger partial charge in [0.2, 0.25) is 0 Å². The number of hydrogen-bond donors (Lipinski definition) is 1. The van der Waals surface area contributed by atoms with Gasteiger partial charge in [0.25, 0.3) is 0 Å². The summed E-state index contributed by atoms with van der Waals surface area (Å²) in [6.45, 7) is 0.817. The average Bonchev–Trinajstić information content (AvgIpc) is 2.92. The molecule has 0 bridgehead atoms. The van der Waals surface area contributed by atoms with Gasteiger partial charge in [0.05, 0.1) is 18.3 Å². The van der Waals surface area contributed by atoms with E-state index in [1.54, 1.807) is 7.11 Å². The van der Waals surface area contributed by atoms with Crippen LogP contribution in [0.15, 0.2) is 42.5 Å². The van der Waals surface area contributed by atoms with E-state index in [1.807, 2.05) is 49.5 Å². The molecule has 0 spiro atoms. The number of carbonyl (C=O) groups excluding carboxylic acids is 1. The average molecular weight is 318 g/mol. The number of hydrogen-bond acceptors (Lipinski definition) is 4. The van der Waals surface area contributed by atoms with Gasteiger partial charge in [0.15, 0.2) is 5.78 Å². The van der Waals surface area contributed by atoms with Gasteiger partial charge in [-0.3, -0.25) is 9.78 Å². The number of likely N-dealkylation sites (N-methyl/N-ethyl adjacent to an activating group) is 1. The summed E-state index contributed by atoms with van der Waals surface area (Å²) in [4.78, 5) is 17.9. The number of fused-ring (bicyclic) bond motifs is 5. The summed E-state index contributed by atoms with van der Waals surface area (Å²) in [5.74, 6) is 0.757. The van der Waals surface area contributed by atoms with E-state index in [0.29, 0.717) is 11.3 Å². The Morgan fingerprint density at radius 2 is 1.92 bits per heavy atom. The third-order valence-electron chi connectivity index (χ3n) is 4.55. The highest BCUT2D eigenvalue weighted by Gasteiger charge is 2.32. The van der Waals surface area contributed by atoms with Crippen LogP contribution in [0.25, 0.3) is 22.0 Å². The first-order chi connectivity index (χ1) is 11.7. The van der Waals surface area contributed by atoms with Crippen molar-refractivity contribution in [1.29, 1.82) is 0 Å². The van der Waals surface area contributed by atoms with Crippen LogP contribution in [0, 0.1) is 0 Å². The van der Waals surface area contributed by atoms with E-state index in [1.165, 1.54) is 0 Å². The highest BCUT2D eigenvalue weighted by molar-refractivity contribution is 6.27. The van der Waals surface area contributed by atoms with Crippen molar-refractivity contribution in [2.75, 3.05) is 20.7 Å². The Bertz CT molecular complexity index is 963. The number of carbonyl (C=O) groups is 1. The highest BCUT2D eigenvalue weighted by Crippen LogP contribution is 2.43. The Kier molecular flexibility index (Phi) is 3.54. The maximum atomic E-state index is 13.1. The quantitative estimate of drug-likeness (QED) is 0.628. The second-order valence-electron chi connectivity index (χ2n) is 5.92. The van der Waals surface area contributed by atoms with Crippen LogP contribution in [0.2, 0.25) is 0 Å². The van der Waals surface area contributed by atoms with Crippen LogP contribution >= 0.6 is 0 Å². The molecular weight excluding hydrogens is 300 g/mol. The summed E-state index contributed by atoms with van der Waals surface area (Å²) in [5, 5.41) is 4.08. The summed E-state index contributed by atoms with van der Waals surface area (Å²) in [7, 11) is 3.54. The first-order valence-electron chi connectivity index (χ1n) is 8.04. The fraction of sp³-hybridized carbons (Fsp3) is 0.200. The Hall–Kier alpha value is -2.72. The van der Waals surface area contributed by atoms with Crippen molar-refractivity contribution in [1.82, 2.24) is 10.3 Å². The zero-order valence-corrected chi connectivity index (χ0v) is 13.7. The van der Waals surface area contributed by atoms with Gasteiger partial charge < -0.3 is 10.1 Å². The molecule has 4 rings (SSSR count). The minimum atomic E-state index is 0.0585. The summed E-state index contributed by atoms with van der Waals surface area (Å²) in [5.41, 5.74) is 5.25. The van der Waals surface area contributed by atoms with Crippen LogP contribution in [-0.4, -0.2) is 31.5 Å². The maximum absolute atomic E-state index is 13.1. The molecule has 0 amide bonds. The molecule has 1 aromatic heterocycles. The predicted octanol–water partition coefficient (Wildman–Crippen LogP) is 3.22. The molecule has 0 radical (unpaired) electrons. The Morgan fingerprint density at radius 1 is 1.08 bits per heavy atom. The first kappa shape index (κ1) is 14.8. The van der Waals surface area contributed by atoms with E-state index < -0.39 is 0 Å². The van der Waals surface area contributed by atoms with Gasteiger partial charge in [-0.15, -0.1) is 0 Å². The standard InChI is InChI=1S/C20H18N2O2/c1-21-10-9-17-18-13-8-7-12(24-2)11-15(13)20(23)19(18)14-5-3-4-6-16(14)22-17/h3-8,11,21H,9-10H2,1-2H3. The number of benzene rings is 2. The van der Waals surface area contributed by atoms with Gasteiger partial charge in [0.1, 0.15) is 5.75 Å². The van der Waals surface area contributed by atoms with Crippen LogP contribution < -0.4 is 10.1 Å². The molecule has 0 atom stereocenters. The molecule has 4 heteroatoms. The lowest BCUT2D eigenvalue weighted by Gasteiger charge is -2.11. The number of ether oxygens (including phenoxy) is 1. The Balaban J connectivity index is 2.04. The smallest absolute Gasteiger partial charge is 0.195 e. The number of methoxy groups -OCH3 is 1. The summed E-state index contributed by atoms with van der Waals surface area (Å²) >= 11 is 0. The van der Waals surface area contributed by atoms with E-state index in [2.05, 4.69) is 5.32 Å². The second kappa shape index (κ2) is 5.73. The van der Waals surface area contributed by atoms with Crippen molar-refractivity contribution in [2.24, 2.45) is 0 Å². The number of nitrogens with zero attached hydrogens (tertiary/aromatic N) is 1. The molecule has 4 nitrogen and oxygen atoms in total. The molecule has 0 saturated heterocycles. The molecule has 0 saturated carbocycles. The largest absolute Gasteiger partial charge is 0.497 e. The lowest BCUT2D eigenvalue weighted by molar-refractivity contribution is 0.104. The van der Waals surface area contributed by atoms with E-state index in [4.69, 9.17) is 9.72 Å². The molecule has 0 aliphatic heterocycles. The predicted molar refractivity (Wildman–Crippen MR) is 94.8 cm³/mol. The molecular formula is C20H18N2O2. The number of aromatic nitrogens is 1. The third kappa shape index (κ3) is 2.11. The first-order valence-corrected chi connectivity index (χ1v) is 8.04. The molecule has 1 N–H and O–H groups in total. The number of nitrogens with one attached hydrogen (secondary N) is 1. The van der Waals surface area contributed by atoms with E-state index in [0.717, 1.165) is 46.3 Å². The number of ketones is 1. The third-order valence-corrected chi connectivity index (χ3v) is 4.55. The molecule has 1 aliphatic rings. The minimum absolute atomic E-state index is 0.0585. The molecule has 120 valence electrons. The lowest BCUT2D eigenvalue weighted by Crippen LogP contribution is -2.12. The fourth-order valence-corrected chi connectivity index (χ4v) is 3.40. The van der Waals surface area contributed by atoms with Crippen molar-refractivity contribution in [3.8, 4) is 16.9 Å². The van der Waals surface area contributed by atoms with Gasteiger partial charge in [0, 0.05) is 35.0 Å². The maximum Gasteiger partial charge on any atom is 0.195 e. The van der Waals surface area contributed by atoms with Gasteiger partial charge in [-0.05, 0) is 36.9 Å². The minimum Gasteiger partial charge on any atom is -0.497 e. The fourth-order valence-electron chi connectivity index (χ4n) is 3.40. The molecule has 1 aliphatic carbocycles. The Labute approximate surface area is 140 Å². The van der Waals surface area contributed by atoms with Crippen molar-refractivity contribution in [2.45, 2.75) is 6.42 Å². The molecule has 3 aromatic rings. The summed E-state index contributed by atoms with van der Waals surface area (Å²) in [6.07, 6.45) is 0.780. The van der Waals surface area contributed by atoms with Crippen molar-refractivity contribution in [3.05, 3.63) is 59.3 Å². The number of pyridine rings is 1. The monoisotopic (exact) mass is 318 g/mol. The summed E-state index contributed by atoms with van der Waals surface area (Å²) < 4.78 is 5.29. The van der Waals surface area contributed by atoms with Crippen molar-refractivity contribution < 1.29 is 9.53 Å². The van der Waals surface area contributed by atoms with E-state index >= 15 is 0 Å². The molecule has 1 heterocycles. The van der Waals surface area contributed by atoms with Crippen LogP contribution in [0.1, 0.15) is 21.6 Å². The highest BCUT2D eigenvalue weighted by atomic mass is 16.5. The normalized spacial score (nSPS) is 12.3. The van der Waals surface area contributed by atoms with Crippen molar-refractivity contribution in [3.63, 3.8) is 0 Å². The van der Waals surface area contributed by atoms with Gasteiger partial charge in [-0.1, -0.05) is 18.2 Å². The number of rotatable bonds is 4. The SMILES string of the molecule is CNCCc1nc2ccccc2c2c1-c1ccc(OC)cc1C2=O. The van der Waals surface area contributed by atoms with Crippen LogP contribution in [0.5, 0.6) is 5.75 Å². The van der Waals surface area contributed by atoms with Gasteiger partial charge in [-0.25, -0.2) is 0 Å². The lowest BCUT2D eigenvalue weighted by atomic mass is 9.98. The van der Waals surface area contributed by atoms with Crippen LogP contribution in [0.3, 0.4) is 0 Å². The van der Waals surface area contributed by atoms with E-state index in [9.17, 15) is 4.79 Å². The molecule has 24 heavy (non-hydrogen) atoms. The number of para-hydroxylation sites is 1. The molecule has 0 fully saturated rings. The summed E-state index contributed by atoms with van der Waals surface area (Å²) in [6, 6.07) is 13.6. The van der Waals surface area contributed by atoms with Crippen LogP contribution in [-0.2, 0) is 6.42 Å². The van der Waals surface area contributed by atoms with E-state index in [-0.39, 0.29) is 5.78 Å². The molecule has 2 aromatic carbocycles. The second-order valence-corrected chi connectivity index (χ2v) is 5.92. The Morgan fingerprint density at radius 3 is 2.71 bits per heavy atom. The van der Waals surface area contributed by atoms with Gasteiger partial charge in [-0.2, -0.15) is 0 Å².